The molecule has 0 aliphatic heterocycles. The van der Waals surface area contributed by atoms with Crippen molar-refractivity contribution in [3.8, 4) is 0 Å². The maximum absolute atomic E-state index is 10.9. The first kappa shape index (κ1) is 12.3. The summed E-state index contributed by atoms with van der Waals surface area (Å²) in [4.78, 5) is 10.4. The number of nitrogens with zero attached hydrogens (tertiary/aromatic N) is 1. The molecule has 18 heavy (non-hydrogen) atoms. The highest BCUT2D eigenvalue weighted by molar-refractivity contribution is 5.45. The molecule has 0 aromatic heterocycles. The fraction of sp³-hybridized carbons (Fsp3) is 0.143. The van der Waals surface area contributed by atoms with Gasteiger partial charge in [-0.15, -0.1) is 0 Å². The monoisotopic (exact) mass is 243 g/mol. The van der Waals surface area contributed by atoms with E-state index < -0.39 is 11.0 Å². The van der Waals surface area contributed by atoms with E-state index in [0.29, 0.717) is 11.1 Å². The average Bonchev–Trinajstić information content (AvgIpc) is 2.39. The number of hydrogen-bond acceptors (Lipinski definition) is 3. The minimum atomic E-state index is -0.979. The smallest absolute Gasteiger partial charge is 0.275 e. The summed E-state index contributed by atoms with van der Waals surface area (Å²) in [6.07, 6.45) is -0.979. The van der Waals surface area contributed by atoms with Crippen LogP contribution in [0.3, 0.4) is 0 Å². The molecule has 0 saturated heterocycles. The van der Waals surface area contributed by atoms with Gasteiger partial charge in [0.05, 0.1) is 10.5 Å². The molecule has 0 radical (unpaired) electrons. The van der Waals surface area contributed by atoms with Crippen LogP contribution in [-0.4, -0.2) is 10.0 Å². The highest BCUT2D eigenvalue weighted by Crippen LogP contribution is 2.29. The average molecular weight is 243 g/mol. The van der Waals surface area contributed by atoms with Crippen LogP contribution < -0.4 is 0 Å². The van der Waals surface area contributed by atoms with Gasteiger partial charge in [-0.25, -0.2) is 0 Å². The Morgan fingerprint density at radius 1 is 1.11 bits per heavy atom. The molecule has 4 nitrogen and oxygen atoms in total. The second-order valence-electron chi connectivity index (χ2n) is 4.13. The number of nitro groups is 1. The van der Waals surface area contributed by atoms with E-state index in [0.717, 1.165) is 5.56 Å². The number of para-hydroxylation sites is 1. The molecule has 0 spiro atoms. The van der Waals surface area contributed by atoms with E-state index in [1.165, 1.54) is 6.07 Å². The standard InChI is InChI=1S/C14H13NO3/c1-10-6-8-11(9-7-10)14(16)12-4-2-3-5-13(12)15(17)18/h2-9,14,16H,1H3. The van der Waals surface area contributed by atoms with E-state index in [9.17, 15) is 15.2 Å². The first-order valence-corrected chi connectivity index (χ1v) is 5.57. The zero-order chi connectivity index (χ0) is 13.1. The van der Waals surface area contributed by atoms with Gasteiger partial charge in [0.2, 0.25) is 0 Å². The van der Waals surface area contributed by atoms with Crippen LogP contribution in [0, 0.1) is 17.0 Å². The Morgan fingerprint density at radius 2 is 1.72 bits per heavy atom. The summed E-state index contributed by atoms with van der Waals surface area (Å²) in [6.45, 7) is 1.95. The van der Waals surface area contributed by atoms with Gasteiger partial charge >= 0.3 is 0 Å². The molecule has 0 saturated carbocycles. The third-order valence-electron chi connectivity index (χ3n) is 2.82. The van der Waals surface area contributed by atoms with Crippen molar-refractivity contribution in [1.82, 2.24) is 0 Å². The van der Waals surface area contributed by atoms with Crippen molar-refractivity contribution in [2.75, 3.05) is 0 Å². The van der Waals surface area contributed by atoms with Crippen LogP contribution in [0.15, 0.2) is 48.5 Å². The molecule has 0 amide bonds. The highest BCUT2D eigenvalue weighted by Gasteiger charge is 2.20. The van der Waals surface area contributed by atoms with Crippen LogP contribution in [-0.2, 0) is 0 Å². The van der Waals surface area contributed by atoms with Crippen LogP contribution in [0.2, 0.25) is 0 Å². The molecule has 1 N–H and O–H groups in total. The summed E-state index contributed by atoms with van der Waals surface area (Å²) >= 11 is 0. The summed E-state index contributed by atoms with van der Waals surface area (Å²) < 4.78 is 0. The first-order chi connectivity index (χ1) is 8.59. The third kappa shape index (κ3) is 2.38. The zero-order valence-electron chi connectivity index (χ0n) is 9.91. The molecule has 0 heterocycles. The number of aryl methyl sites for hydroxylation is 1. The molecule has 0 bridgehead atoms. The SMILES string of the molecule is Cc1ccc(C(O)c2ccccc2[N+](=O)[O-])cc1. The van der Waals surface area contributed by atoms with Crippen LogP contribution in [0.1, 0.15) is 22.8 Å². The van der Waals surface area contributed by atoms with E-state index in [4.69, 9.17) is 0 Å². The lowest BCUT2D eigenvalue weighted by atomic mass is 9.99. The van der Waals surface area contributed by atoms with Gasteiger partial charge < -0.3 is 5.11 Å². The maximum atomic E-state index is 10.9. The van der Waals surface area contributed by atoms with E-state index in [-0.39, 0.29) is 5.69 Å². The number of hydrogen-bond donors (Lipinski definition) is 1. The minimum Gasteiger partial charge on any atom is -0.383 e. The first-order valence-electron chi connectivity index (χ1n) is 5.57. The number of nitro benzene ring substituents is 1. The molecule has 1 unspecified atom stereocenters. The normalized spacial score (nSPS) is 12.1. The molecular weight excluding hydrogens is 230 g/mol. The fourth-order valence-electron chi connectivity index (χ4n) is 1.81. The van der Waals surface area contributed by atoms with Gasteiger partial charge in [0.15, 0.2) is 0 Å². The number of benzene rings is 2. The van der Waals surface area contributed by atoms with E-state index in [1.807, 2.05) is 19.1 Å². The molecule has 92 valence electrons. The molecule has 2 rings (SSSR count). The van der Waals surface area contributed by atoms with Crippen molar-refractivity contribution in [1.29, 1.82) is 0 Å². The van der Waals surface area contributed by atoms with Gasteiger partial charge in [0.1, 0.15) is 6.10 Å². The molecule has 4 heteroatoms. The van der Waals surface area contributed by atoms with Crippen molar-refractivity contribution in [2.45, 2.75) is 13.0 Å². The van der Waals surface area contributed by atoms with Gasteiger partial charge in [-0.05, 0) is 18.6 Å². The molecule has 0 aliphatic rings. The van der Waals surface area contributed by atoms with Crippen LogP contribution in [0.25, 0.3) is 0 Å². The van der Waals surface area contributed by atoms with Gasteiger partial charge in [-0.2, -0.15) is 0 Å². The lowest BCUT2D eigenvalue weighted by molar-refractivity contribution is -0.386. The van der Waals surface area contributed by atoms with Crippen molar-refractivity contribution in [3.05, 3.63) is 75.3 Å². The predicted molar refractivity (Wildman–Crippen MR) is 68.3 cm³/mol. The number of aliphatic hydroxyl groups excluding tert-OH is 1. The second kappa shape index (κ2) is 4.98. The van der Waals surface area contributed by atoms with Crippen LogP contribution in [0.4, 0.5) is 5.69 Å². The zero-order valence-corrected chi connectivity index (χ0v) is 9.91. The minimum absolute atomic E-state index is 0.0643. The lowest BCUT2D eigenvalue weighted by Gasteiger charge is -2.11. The number of aliphatic hydroxyl groups is 1. The summed E-state index contributed by atoms with van der Waals surface area (Å²) in [7, 11) is 0. The van der Waals surface area contributed by atoms with Crippen molar-refractivity contribution < 1.29 is 10.0 Å². The Kier molecular flexibility index (Phi) is 3.39. The lowest BCUT2D eigenvalue weighted by Crippen LogP contribution is -2.03. The largest absolute Gasteiger partial charge is 0.383 e. The fourth-order valence-corrected chi connectivity index (χ4v) is 1.81. The van der Waals surface area contributed by atoms with E-state index >= 15 is 0 Å². The summed E-state index contributed by atoms with van der Waals surface area (Å²) in [5.41, 5.74) is 1.97. The van der Waals surface area contributed by atoms with Crippen LogP contribution in [0.5, 0.6) is 0 Å². The topological polar surface area (TPSA) is 63.4 Å². The molecule has 2 aromatic rings. The highest BCUT2D eigenvalue weighted by atomic mass is 16.6. The van der Waals surface area contributed by atoms with Crippen molar-refractivity contribution >= 4 is 5.69 Å². The molecular formula is C14H13NO3. The Bertz CT molecular complexity index is 564. The van der Waals surface area contributed by atoms with E-state index in [1.54, 1.807) is 30.3 Å². The predicted octanol–water partition coefficient (Wildman–Crippen LogP) is 2.98. The van der Waals surface area contributed by atoms with Gasteiger partial charge in [-0.3, -0.25) is 10.1 Å². The van der Waals surface area contributed by atoms with Crippen LogP contribution >= 0.6 is 0 Å². The second-order valence-corrected chi connectivity index (χ2v) is 4.13. The molecule has 1 atom stereocenters. The number of rotatable bonds is 3. The van der Waals surface area contributed by atoms with Crippen molar-refractivity contribution in [2.24, 2.45) is 0 Å². The molecule has 0 aliphatic carbocycles. The maximum Gasteiger partial charge on any atom is 0.275 e. The third-order valence-corrected chi connectivity index (χ3v) is 2.82. The summed E-state index contributed by atoms with van der Waals surface area (Å²) in [6, 6.07) is 13.5. The molecule has 2 aromatic carbocycles. The Labute approximate surface area is 105 Å². The van der Waals surface area contributed by atoms with Crippen molar-refractivity contribution in [3.63, 3.8) is 0 Å². The Hall–Kier alpha value is -2.20. The van der Waals surface area contributed by atoms with Gasteiger partial charge in [0.25, 0.3) is 5.69 Å². The quantitative estimate of drug-likeness (QED) is 0.665. The van der Waals surface area contributed by atoms with Gasteiger partial charge in [-0.1, -0.05) is 42.0 Å². The Morgan fingerprint density at radius 3 is 2.33 bits per heavy atom. The Balaban J connectivity index is 2.42. The van der Waals surface area contributed by atoms with E-state index in [2.05, 4.69) is 0 Å². The van der Waals surface area contributed by atoms with Gasteiger partial charge in [0, 0.05) is 6.07 Å². The summed E-state index contributed by atoms with van der Waals surface area (Å²) in [5.74, 6) is 0. The summed E-state index contributed by atoms with van der Waals surface area (Å²) in [5, 5.41) is 21.1. The molecule has 0 fully saturated rings.